The van der Waals surface area contributed by atoms with Gasteiger partial charge in [-0.15, -0.1) is 0 Å². The van der Waals surface area contributed by atoms with Gasteiger partial charge in [-0.05, 0) is 42.0 Å². The quantitative estimate of drug-likeness (QED) is 0.605. The summed E-state index contributed by atoms with van der Waals surface area (Å²) in [6.45, 7) is 0. The van der Waals surface area contributed by atoms with Gasteiger partial charge in [-0.3, -0.25) is 4.79 Å². The predicted molar refractivity (Wildman–Crippen MR) is 102 cm³/mol. The molecule has 1 N–H and O–H groups in total. The van der Waals surface area contributed by atoms with E-state index in [0.717, 1.165) is 17.0 Å². The Hall–Kier alpha value is -2.78. The first kappa shape index (κ1) is 17.1. The highest BCUT2D eigenvalue weighted by atomic mass is 35.5. The summed E-state index contributed by atoms with van der Waals surface area (Å²) in [4.78, 5) is 13.0. The highest BCUT2D eigenvalue weighted by Crippen LogP contribution is 2.26. The van der Waals surface area contributed by atoms with Gasteiger partial charge in [-0.2, -0.15) is 0 Å². The van der Waals surface area contributed by atoms with Crippen molar-refractivity contribution in [3.8, 4) is 5.75 Å². The molecule has 0 radical (unpaired) electrons. The van der Waals surface area contributed by atoms with Crippen molar-refractivity contribution in [2.45, 2.75) is 6.04 Å². The van der Waals surface area contributed by atoms with Crippen LogP contribution in [0.3, 0.4) is 0 Å². The average Bonchev–Trinajstić information content (AvgIpc) is 2.67. The second kappa shape index (κ2) is 7.86. The molecule has 0 aliphatic heterocycles. The number of ketones is 1. The molecule has 4 heteroatoms. The van der Waals surface area contributed by atoms with Gasteiger partial charge in [-0.1, -0.05) is 54.1 Å². The number of rotatable bonds is 6. The molecule has 0 spiro atoms. The normalized spacial score (nSPS) is 11.6. The van der Waals surface area contributed by atoms with Crippen molar-refractivity contribution in [3.05, 3.63) is 95.0 Å². The number of nitrogens with one attached hydrogen (secondary N) is 1. The van der Waals surface area contributed by atoms with Crippen LogP contribution >= 0.6 is 11.6 Å². The van der Waals surface area contributed by atoms with E-state index in [4.69, 9.17) is 16.3 Å². The molecule has 0 heterocycles. The summed E-state index contributed by atoms with van der Waals surface area (Å²) in [5, 5.41) is 3.95. The number of hydrogen-bond donors (Lipinski definition) is 1. The second-order valence-corrected chi connectivity index (χ2v) is 6.02. The van der Waals surface area contributed by atoms with Crippen LogP contribution in [0, 0.1) is 0 Å². The van der Waals surface area contributed by atoms with Gasteiger partial charge in [0.2, 0.25) is 0 Å². The molecule has 0 bridgehead atoms. The van der Waals surface area contributed by atoms with Crippen molar-refractivity contribution in [1.29, 1.82) is 0 Å². The van der Waals surface area contributed by atoms with Crippen molar-refractivity contribution in [3.63, 3.8) is 0 Å². The van der Waals surface area contributed by atoms with Gasteiger partial charge in [0.05, 0.1) is 7.11 Å². The molecule has 0 amide bonds. The fourth-order valence-electron chi connectivity index (χ4n) is 2.58. The zero-order valence-electron chi connectivity index (χ0n) is 13.8. The second-order valence-electron chi connectivity index (χ2n) is 5.59. The van der Waals surface area contributed by atoms with Gasteiger partial charge in [0.25, 0.3) is 0 Å². The van der Waals surface area contributed by atoms with E-state index >= 15 is 0 Å². The summed E-state index contributed by atoms with van der Waals surface area (Å²) in [6.07, 6.45) is 0. The highest BCUT2D eigenvalue weighted by molar-refractivity contribution is 6.30. The smallest absolute Gasteiger partial charge is 0.189 e. The van der Waals surface area contributed by atoms with E-state index in [0.29, 0.717) is 10.6 Å². The van der Waals surface area contributed by atoms with Gasteiger partial charge >= 0.3 is 0 Å². The zero-order chi connectivity index (χ0) is 17.6. The molecule has 0 saturated carbocycles. The molecule has 0 fully saturated rings. The molecule has 25 heavy (non-hydrogen) atoms. The molecule has 0 aromatic heterocycles. The lowest BCUT2D eigenvalue weighted by Gasteiger charge is -2.20. The number of Topliss-reactive ketones (excluding diaryl/α,β-unsaturated/α-hetero) is 1. The lowest BCUT2D eigenvalue weighted by atomic mass is 9.97. The van der Waals surface area contributed by atoms with E-state index in [1.807, 2.05) is 66.7 Å². The Balaban J connectivity index is 1.93. The first-order valence-electron chi connectivity index (χ1n) is 7.92. The third-order valence-corrected chi connectivity index (χ3v) is 4.18. The van der Waals surface area contributed by atoms with Gasteiger partial charge in [-0.25, -0.2) is 0 Å². The van der Waals surface area contributed by atoms with Gasteiger partial charge in [0.1, 0.15) is 11.8 Å². The first-order chi connectivity index (χ1) is 12.2. The Morgan fingerprint density at radius 3 is 2.16 bits per heavy atom. The van der Waals surface area contributed by atoms with Crippen LogP contribution in [0.4, 0.5) is 5.69 Å². The van der Waals surface area contributed by atoms with Crippen molar-refractivity contribution in [2.24, 2.45) is 0 Å². The molecule has 0 saturated heterocycles. The van der Waals surface area contributed by atoms with Gasteiger partial charge in [0.15, 0.2) is 5.78 Å². The predicted octanol–water partition coefficient (Wildman–Crippen LogP) is 5.38. The summed E-state index contributed by atoms with van der Waals surface area (Å²) in [7, 11) is 1.62. The van der Waals surface area contributed by atoms with Crippen LogP contribution in [0.5, 0.6) is 5.75 Å². The maximum Gasteiger partial charge on any atom is 0.189 e. The van der Waals surface area contributed by atoms with Crippen LogP contribution < -0.4 is 10.1 Å². The monoisotopic (exact) mass is 351 g/mol. The third kappa shape index (κ3) is 4.20. The Morgan fingerprint density at radius 1 is 0.920 bits per heavy atom. The lowest BCUT2D eigenvalue weighted by Crippen LogP contribution is -2.21. The van der Waals surface area contributed by atoms with Gasteiger partial charge < -0.3 is 10.1 Å². The summed E-state index contributed by atoms with van der Waals surface area (Å²) in [6, 6.07) is 23.5. The van der Waals surface area contributed by atoms with Crippen molar-refractivity contribution in [2.75, 3.05) is 12.4 Å². The number of anilines is 1. The van der Waals surface area contributed by atoms with Crippen molar-refractivity contribution in [1.82, 2.24) is 0 Å². The Kier molecular flexibility index (Phi) is 5.36. The molecule has 3 aromatic carbocycles. The number of methoxy groups -OCH3 is 1. The van der Waals surface area contributed by atoms with Crippen molar-refractivity contribution < 1.29 is 9.53 Å². The lowest BCUT2D eigenvalue weighted by molar-refractivity contribution is 0.0969. The maximum atomic E-state index is 13.0. The topological polar surface area (TPSA) is 38.3 Å². The maximum absolute atomic E-state index is 13.0. The van der Waals surface area contributed by atoms with Crippen LogP contribution in [0.25, 0.3) is 0 Å². The summed E-state index contributed by atoms with van der Waals surface area (Å²) in [5.41, 5.74) is 2.35. The van der Waals surface area contributed by atoms with Gasteiger partial charge in [0, 0.05) is 16.3 Å². The molecule has 3 rings (SSSR count). The van der Waals surface area contributed by atoms with Crippen molar-refractivity contribution >= 4 is 23.1 Å². The van der Waals surface area contributed by atoms with Crippen LogP contribution in [0.15, 0.2) is 78.9 Å². The first-order valence-corrected chi connectivity index (χ1v) is 8.30. The number of carbonyl (C=O) groups excluding carboxylic acids is 1. The SMILES string of the molecule is COc1ccc(NC(C(=O)c2ccccc2)c2ccc(Cl)cc2)cc1. The van der Waals surface area contributed by atoms with E-state index in [1.54, 1.807) is 19.2 Å². The van der Waals surface area contributed by atoms with Crippen LogP contribution in [-0.4, -0.2) is 12.9 Å². The molecule has 3 aromatic rings. The van der Waals surface area contributed by atoms with E-state index in [9.17, 15) is 4.79 Å². The minimum atomic E-state index is -0.506. The molecule has 0 aliphatic rings. The average molecular weight is 352 g/mol. The molecule has 0 aliphatic carbocycles. The number of benzene rings is 3. The van der Waals surface area contributed by atoms with Crippen LogP contribution in [0.1, 0.15) is 22.0 Å². The Bertz CT molecular complexity index is 830. The number of hydrogen-bond acceptors (Lipinski definition) is 3. The fourth-order valence-corrected chi connectivity index (χ4v) is 2.70. The molecular formula is C21H18ClNO2. The molecule has 1 unspecified atom stereocenters. The molecular weight excluding hydrogens is 334 g/mol. The summed E-state index contributed by atoms with van der Waals surface area (Å²) >= 11 is 5.99. The molecule has 126 valence electrons. The van der Waals surface area contributed by atoms with Crippen LogP contribution in [-0.2, 0) is 0 Å². The fraction of sp³-hybridized carbons (Fsp3) is 0.0952. The number of halogens is 1. The van der Waals surface area contributed by atoms with E-state index in [-0.39, 0.29) is 5.78 Å². The van der Waals surface area contributed by atoms with E-state index in [1.165, 1.54) is 0 Å². The van der Waals surface area contributed by atoms with E-state index < -0.39 is 6.04 Å². The van der Waals surface area contributed by atoms with E-state index in [2.05, 4.69) is 5.32 Å². The number of ether oxygens (including phenoxy) is 1. The minimum Gasteiger partial charge on any atom is -0.497 e. The molecule has 3 nitrogen and oxygen atoms in total. The van der Waals surface area contributed by atoms with Crippen LogP contribution in [0.2, 0.25) is 5.02 Å². The summed E-state index contributed by atoms with van der Waals surface area (Å²) in [5.74, 6) is 0.765. The highest BCUT2D eigenvalue weighted by Gasteiger charge is 2.22. The molecule has 1 atom stereocenters. The third-order valence-electron chi connectivity index (χ3n) is 3.92. The largest absolute Gasteiger partial charge is 0.497 e. The summed E-state index contributed by atoms with van der Waals surface area (Å²) < 4.78 is 5.18. The standard InChI is InChI=1S/C21H18ClNO2/c1-25-19-13-11-18(12-14-19)23-20(15-7-9-17(22)10-8-15)21(24)16-5-3-2-4-6-16/h2-14,20,23H,1H3. The Labute approximate surface area is 152 Å². The minimum absolute atomic E-state index is 0.00117. The zero-order valence-corrected chi connectivity index (χ0v) is 14.5. The number of carbonyl (C=O) groups is 1. The Morgan fingerprint density at radius 2 is 1.56 bits per heavy atom.